The van der Waals surface area contributed by atoms with Crippen molar-refractivity contribution in [3.05, 3.63) is 41.1 Å². The molecule has 158 valence electrons. The highest BCUT2D eigenvalue weighted by atomic mass is 32.2. The average molecular weight is 426 g/mol. The summed E-state index contributed by atoms with van der Waals surface area (Å²) in [5, 5.41) is 14.3. The molecule has 9 heteroatoms. The Morgan fingerprint density at radius 2 is 2.03 bits per heavy atom. The molecule has 0 saturated heterocycles. The number of aromatic nitrogens is 5. The molecular weight excluding hydrogens is 398 g/mol. The average Bonchev–Trinajstić information content (AvgIpc) is 3.27. The van der Waals surface area contributed by atoms with Gasteiger partial charge >= 0.3 is 0 Å². The predicted molar refractivity (Wildman–Crippen MR) is 119 cm³/mol. The number of benzene rings is 1. The van der Waals surface area contributed by atoms with Gasteiger partial charge in [0.15, 0.2) is 11.0 Å². The zero-order valence-electron chi connectivity index (χ0n) is 18.1. The van der Waals surface area contributed by atoms with Gasteiger partial charge in [0.05, 0.1) is 6.54 Å². The smallest absolute Gasteiger partial charge is 0.254 e. The van der Waals surface area contributed by atoms with E-state index in [1.807, 2.05) is 71.5 Å². The highest BCUT2D eigenvalue weighted by Gasteiger charge is 2.29. The highest BCUT2D eigenvalue weighted by molar-refractivity contribution is 7.99. The second-order valence-electron chi connectivity index (χ2n) is 7.62. The molecule has 0 atom stereocenters. The zero-order chi connectivity index (χ0) is 21.4. The van der Waals surface area contributed by atoms with Crippen molar-refractivity contribution in [1.82, 2.24) is 29.4 Å². The van der Waals surface area contributed by atoms with Crippen LogP contribution in [0.4, 0.5) is 5.69 Å². The Kier molecular flexibility index (Phi) is 5.55. The van der Waals surface area contributed by atoms with Crippen LogP contribution in [-0.2, 0) is 27.1 Å². The number of nitrogens with zero attached hydrogens (tertiary/aromatic N) is 7. The molecular formula is C21H27N7OS. The van der Waals surface area contributed by atoms with Crippen LogP contribution in [0.15, 0.2) is 29.4 Å². The Hall–Kier alpha value is -2.81. The minimum atomic E-state index is 0.0411. The van der Waals surface area contributed by atoms with E-state index in [0.717, 1.165) is 45.8 Å². The lowest BCUT2D eigenvalue weighted by Gasteiger charge is -2.28. The summed E-state index contributed by atoms with van der Waals surface area (Å²) < 4.78 is 3.90. The van der Waals surface area contributed by atoms with Gasteiger partial charge in [0.1, 0.15) is 5.69 Å². The summed E-state index contributed by atoms with van der Waals surface area (Å²) in [7, 11) is 7.88. The molecule has 0 radical (unpaired) electrons. The molecule has 0 fully saturated rings. The van der Waals surface area contributed by atoms with E-state index in [4.69, 9.17) is 5.10 Å². The van der Waals surface area contributed by atoms with Gasteiger partial charge in [-0.1, -0.05) is 24.8 Å². The van der Waals surface area contributed by atoms with Gasteiger partial charge in [0.25, 0.3) is 5.91 Å². The van der Waals surface area contributed by atoms with Crippen molar-refractivity contribution in [1.29, 1.82) is 0 Å². The van der Waals surface area contributed by atoms with E-state index in [9.17, 15) is 4.79 Å². The van der Waals surface area contributed by atoms with Crippen LogP contribution in [0.1, 0.15) is 28.5 Å². The molecule has 0 bridgehead atoms. The van der Waals surface area contributed by atoms with Gasteiger partial charge in [-0.3, -0.25) is 9.48 Å². The van der Waals surface area contributed by atoms with E-state index in [2.05, 4.69) is 17.1 Å². The number of carbonyl (C=O) groups excluding carboxylic acids is 1. The molecule has 4 rings (SSSR count). The van der Waals surface area contributed by atoms with E-state index in [0.29, 0.717) is 18.7 Å². The summed E-state index contributed by atoms with van der Waals surface area (Å²) in [6.07, 6.45) is 0.770. The molecule has 30 heavy (non-hydrogen) atoms. The number of amides is 1. The van der Waals surface area contributed by atoms with E-state index in [1.54, 1.807) is 11.8 Å². The van der Waals surface area contributed by atoms with Crippen LogP contribution < -0.4 is 4.90 Å². The molecule has 1 amide bonds. The fourth-order valence-corrected chi connectivity index (χ4v) is 4.46. The summed E-state index contributed by atoms with van der Waals surface area (Å²) in [5.74, 6) is 1.71. The molecule has 0 aliphatic carbocycles. The lowest BCUT2D eigenvalue weighted by atomic mass is 10.0. The first-order chi connectivity index (χ1) is 14.4. The summed E-state index contributed by atoms with van der Waals surface area (Å²) in [6, 6.07) is 7.76. The van der Waals surface area contributed by atoms with Gasteiger partial charge < -0.3 is 14.4 Å². The summed E-state index contributed by atoms with van der Waals surface area (Å²) in [5.41, 5.74) is 4.74. The van der Waals surface area contributed by atoms with Crippen molar-refractivity contribution >= 4 is 23.4 Å². The second kappa shape index (κ2) is 8.14. The first kappa shape index (κ1) is 20.5. The predicted octanol–water partition coefficient (Wildman–Crippen LogP) is 2.59. The van der Waals surface area contributed by atoms with Gasteiger partial charge in [0, 0.05) is 63.7 Å². The number of rotatable bonds is 5. The molecule has 0 N–H and O–H groups in total. The molecule has 1 aromatic carbocycles. The second-order valence-corrected chi connectivity index (χ2v) is 8.85. The molecule has 8 nitrogen and oxygen atoms in total. The minimum Gasteiger partial charge on any atom is -0.378 e. The van der Waals surface area contributed by atoms with Gasteiger partial charge in [0.2, 0.25) is 0 Å². The monoisotopic (exact) mass is 425 g/mol. The fourth-order valence-electron chi connectivity index (χ4n) is 3.82. The van der Waals surface area contributed by atoms with Crippen molar-refractivity contribution < 1.29 is 4.79 Å². The van der Waals surface area contributed by atoms with Crippen LogP contribution in [0, 0.1) is 0 Å². The van der Waals surface area contributed by atoms with E-state index >= 15 is 0 Å². The standard InChI is InChI=1S/C21H27N7OS/c1-6-30-21-23-22-19(26(21)4)18-16-13-28(11-10-17(16)27(5)24-18)20(29)14-8-7-9-15(12-14)25(2)3/h7-9,12H,6,10-11,13H2,1-5H3. The Morgan fingerprint density at radius 3 is 2.77 bits per heavy atom. The number of hydrogen-bond acceptors (Lipinski definition) is 6. The summed E-state index contributed by atoms with van der Waals surface area (Å²) in [6.45, 7) is 3.29. The van der Waals surface area contributed by atoms with Crippen molar-refractivity contribution in [3.63, 3.8) is 0 Å². The van der Waals surface area contributed by atoms with Gasteiger partial charge in [-0.25, -0.2) is 0 Å². The summed E-state index contributed by atoms with van der Waals surface area (Å²) in [4.78, 5) is 17.1. The third-order valence-electron chi connectivity index (χ3n) is 5.46. The maximum Gasteiger partial charge on any atom is 0.254 e. The topological polar surface area (TPSA) is 72.1 Å². The van der Waals surface area contributed by atoms with E-state index in [1.165, 1.54) is 0 Å². The van der Waals surface area contributed by atoms with Gasteiger partial charge in [-0.05, 0) is 24.0 Å². The van der Waals surface area contributed by atoms with Gasteiger partial charge in [-0.15, -0.1) is 10.2 Å². The van der Waals surface area contributed by atoms with Crippen molar-refractivity contribution in [2.24, 2.45) is 14.1 Å². The Labute approximate surface area is 180 Å². The summed E-state index contributed by atoms with van der Waals surface area (Å²) >= 11 is 1.65. The number of carbonyl (C=O) groups is 1. The normalized spacial score (nSPS) is 13.4. The Balaban J connectivity index is 1.65. The SMILES string of the molecule is CCSc1nnc(-c2nn(C)c3c2CN(C(=O)c2cccc(N(C)C)c2)CC3)n1C. The molecule has 1 aliphatic heterocycles. The van der Waals surface area contributed by atoms with Crippen LogP contribution in [-0.4, -0.2) is 61.7 Å². The van der Waals surface area contributed by atoms with Crippen LogP contribution >= 0.6 is 11.8 Å². The first-order valence-corrected chi connectivity index (χ1v) is 11.0. The first-order valence-electron chi connectivity index (χ1n) is 10.0. The molecule has 2 aromatic heterocycles. The van der Waals surface area contributed by atoms with Crippen molar-refractivity contribution in [2.75, 3.05) is 31.3 Å². The number of thioether (sulfide) groups is 1. The number of anilines is 1. The molecule has 1 aliphatic rings. The third-order valence-corrected chi connectivity index (χ3v) is 6.36. The van der Waals surface area contributed by atoms with Crippen LogP contribution in [0.5, 0.6) is 0 Å². The lowest BCUT2D eigenvalue weighted by molar-refractivity contribution is 0.0733. The van der Waals surface area contributed by atoms with Crippen LogP contribution in [0.2, 0.25) is 0 Å². The fraction of sp³-hybridized carbons (Fsp3) is 0.429. The maximum absolute atomic E-state index is 13.2. The third kappa shape index (κ3) is 3.58. The largest absolute Gasteiger partial charge is 0.378 e. The molecule has 0 spiro atoms. The molecule has 0 saturated carbocycles. The van der Waals surface area contributed by atoms with Crippen LogP contribution in [0.3, 0.4) is 0 Å². The molecule has 3 heterocycles. The molecule has 0 unspecified atom stereocenters. The van der Waals surface area contributed by atoms with Gasteiger partial charge in [-0.2, -0.15) is 5.10 Å². The number of hydrogen-bond donors (Lipinski definition) is 0. The van der Waals surface area contributed by atoms with Crippen molar-refractivity contribution in [2.45, 2.75) is 25.0 Å². The quantitative estimate of drug-likeness (QED) is 0.585. The molecule has 3 aromatic rings. The van der Waals surface area contributed by atoms with E-state index < -0.39 is 0 Å². The maximum atomic E-state index is 13.2. The Bertz CT molecular complexity index is 1090. The minimum absolute atomic E-state index is 0.0411. The highest BCUT2D eigenvalue weighted by Crippen LogP contribution is 2.31. The van der Waals surface area contributed by atoms with E-state index in [-0.39, 0.29) is 5.91 Å². The van der Waals surface area contributed by atoms with Crippen molar-refractivity contribution in [3.8, 4) is 11.5 Å². The zero-order valence-corrected chi connectivity index (χ0v) is 18.9. The van der Waals surface area contributed by atoms with Crippen LogP contribution in [0.25, 0.3) is 11.5 Å². The Morgan fingerprint density at radius 1 is 1.23 bits per heavy atom. The number of aryl methyl sites for hydroxylation is 1. The lowest BCUT2D eigenvalue weighted by Crippen LogP contribution is -2.36. The number of fused-ring (bicyclic) bond motifs is 1.